The van der Waals surface area contributed by atoms with Crippen molar-refractivity contribution in [2.45, 2.75) is 39.3 Å². The molecule has 0 heterocycles. The maximum atomic E-state index is 11.5. The number of ether oxygens (including phenoxy) is 2. The topological polar surface area (TPSA) is 47.6 Å². The van der Waals surface area contributed by atoms with Crippen LogP contribution >= 0.6 is 0 Å². The van der Waals surface area contributed by atoms with Crippen LogP contribution in [-0.4, -0.2) is 38.9 Å². The Labute approximate surface area is 92.3 Å². The van der Waals surface area contributed by atoms with Crippen molar-refractivity contribution in [2.75, 3.05) is 20.8 Å². The predicted molar refractivity (Wildman–Crippen MR) is 59.7 cm³/mol. The monoisotopic (exact) mass is 217 g/mol. The largest absolute Gasteiger partial charge is 0.468 e. The van der Waals surface area contributed by atoms with Crippen LogP contribution in [0.1, 0.15) is 27.2 Å². The van der Waals surface area contributed by atoms with E-state index in [1.165, 1.54) is 7.11 Å². The van der Waals surface area contributed by atoms with Crippen LogP contribution in [0.25, 0.3) is 0 Å². The van der Waals surface area contributed by atoms with Crippen molar-refractivity contribution >= 4 is 5.97 Å². The van der Waals surface area contributed by atoms with Gasteiger partial charge in [-0.05, 0) is 12.3 Å². The lowest BCUT2D eigenvalue weighted by Crippen LogP contribution is -2.48. The van der Waals surface area contributed by atoms with Crippen molar-refractivity contribution in [1.29, 1.82) is 0 Å². The van der Waals surface area contributed by atoms with Crippen LogP contribution < -0.4 is 5.32 Å². The van der Waals surface area contributed by atoms with Crippen molar-refractivity contribution in [3.8, 4) is 0 Å². The molecule has 0 fully saturated rings. The molecule has 0 radical (unpaired) electrons. The van der Waals surface area contributed by atoms with Gasteiger partial charge >= 0.3 is 5.97 Å². The summed E-state index contributed by atoms with van der Waals surface area (Å²) in [6.07, 6.45) is 0.925. The summed E-state index contributed by atoms with van der Waals surface area (Å²) in [4.78, 5) is 11.5. The maximum Gasteiger partial charge on any atom is 0.323 e. The zero-order valence-corrected chi connectivity index (χ0v) is 10.4. The first kappa shape index (κ1) is 14.4. The molecule has 15 heavy (non-hydrogen) atoms. The highest BCUT2D eigenvalue weighted by Gasteiger charge is 2.25. The van der Waals surface area contributed by atoms with Gasteiger partial charge in [0.25, 0.3) is 0 Å². The second-order valence-corrected chi connectivity index (χ2v) is 3.97. The fraction of sp³-hybridized carbons (Fsp3) is 0.909. The third kappa shape index (κ3) is 5.14. The number of hydrogen-bond donors (Lipinski definition) is 1. The molecule has 0 bridgehead atoms. The second kappa shape index (κ2) is 7.65. The summed E-state index contributed by atoms with van der Waals surface area (Å²) in [6, 6.07) is -0.0587. The molecule has 0 aromatic rings. The van der Waals surface area contributed by atoms with E-state index in [1.54, 1.807) is 7.11 Å². The molecule has 0 aromatic carbocycles. The number of hydrogen-bond acceptors (Lipinski definition) is 4. The third-order valence-corrected chi connectivity index (χ3v) is 2.40. The SMILES string of the molecule is CCC(COC)N[C@H](C(=O)OC)C(C)C. The first-order valence-electron chi connectivity index (χ1n) is 5.39. The number of carbonyl (C=O) groups excluding carboxylic acids is 1. The normalized spacial score (nSPS) is 15.1. The molecular formula is C11H23NO3. The molecule has 1 N–H and O–H groups in total. The maximum absolute atomic E-state index is 11.5. The van der Waals surface area contributed by atoms with Gasteiger partial charge in [0.15, 0.2) is 0 Å². The summed E-state index contributed by atoms with van der Waals surface area (Å²) in [6.45, 7) is 6.66. The average molecular weight is 217 g/mol. The number of nitrogens with one attached hydrogen (secondary N) is 1. The van der Waals surface area contributed by atoms with Crippen LogP contribution in [0, 0.1) is 5.92 Å². The third-order valence-electron chi connectivity index (χ3n) is 2.40. The van der Waals surface area contributed by atoms with Gasteiger partial charge in [0.2, 0.25) is 0 Å². The van der Waals surface area contributed by atoms with Gasteiger partial charge in [0, 0.05) is 13.2 Å². The smallest absolute Gasteiger partial charge is 0.323 e. The zero-order valence-electron chi connectivity index (χ0n) is 10.4. The summed E-state index contributed by atoms with van der Waals surface area (Å²) < 4.78 is 9.83. The van der Waals surface area contributed by atoms with Crippen LogP contribution in [0.15, 0.2) is 0 Å². The van der Waals surface area contributed by atoms with Crippen LogP contribution in [0.3, 0.4) is 0 Å². The molecule has 0 saturated heterocycles. The minimum absolute atomic E-state index is 0.196. The van der Waals surface area contributed by atoms with E-state index < -0.39 is 0 Å². The molecule has 0 aliphatic heterocycles. The standard InChI is InChI=1S/C11H23NO3/c1-6-9(7-14-4)12-10(8(2)3)11(13)15-5/h8-10,12H,6-7H2,1-5H3/t9?,10-/m0/s1. The Hall–Kier alpha value is -0.610. The van der Waals surface area contributed by atoms with E-state index in [2.05, 4.69) is 12.2 Å². The molecule has 0 rings (SSSR count). The molecule has 0 saturated carbocycles. The quantitative estimate of drug-likeness (QED) is 0.651. The highest BCUT2D eigenvalue weighted by atomic mass is 16.5. The minimum Gasteiger partial charge on any atom is -0.468 e. The van der Waals surface area contributed by atoms with E-state index >= 15 is 0 Å². The molecule has 0 spiro atoms. The first-order valence-corrected chi connectivity index (χ1v) is 5.39. The molecule has 0 amide bonds. The molecule has 90 valence electrons. The van der Waals surface area contributed by atoms with E-state index in [4.69, 9.17) is 9.47 Å². The van der Waals surface area contributed by atoms with Crippen LogP contribution in [0.2, 0.25) is 0 Å². The molecule has 1 unspecified atom stereocenters. The fourth-order valence-corrected chi connectivity index (χ4v) is 1.40. The molecular weight excluding hydrogens is 194 g/mol. The van der Waals surface area contributed by atoms with E-state index in [1.807, 2.05) is 13.8 Å². The Morgan fingerprint density at radius 1 is 1.33 bits per heavy atom. The predicted octanol–water partition coefficient (Wildman–Crippen LogP) is 1.20. The lowest BCUT2D eigenvalue weighted by molar-refractivity contribution is -0.144. The summed E-state index contributed by atoms with van der Waals surface area (Å²) in [5, 5.41) is 3.26. The van der Waals surface area contributed by atoms with Gasteiger partial charge in [-0.1, -0.05) is 20.8 Å². The molecule has 4 heteroatoms. The second-order valence-electron chi connectivity index (χ2n) is 3.97. The van der Waals surface area contributed by atoms with Crippen LogP contribution in [0.4, 0.5) is 0 Å². The van der Waals surface area contributed by atoms with Gasteiger partial charge in [0.05, 0.1) is 13.7 Å². The Kier molecular flexibility index (Phi) is 7.34. The number of carbonyl (C=O) groups is 1. The van der Waals surface area contributed by atoms with E-state index in [9.17, 15) is 4.79 Å². The van der Waals surface area contributed by atoms with Gasteiger partial charge in [-0.2, -0.15) is 0 Å². The van der Waals surface area contributed by atoms with Gasteiger partial charge in [-0.25, -0.2) is 0 Å². The minimum atomic E-state index is -0.255. The zero-order chi connectivity index (χ0) is 11.8. The Morgan fingerprint density at radius 2 is 1.93 bits per heavy atom. The van der Waals surface area contributed by atoms with E-state index in [-0.39, 0.29) is 24.0 Å². The van der Waals surface area contributed by atoms with Crippen LogP contribution in [-0.2, 0) is 14.3 Å². The molecule has 4 nitrogen and oxygen atoms in total. The van der Waals surface area contributed by atoms with Crippen molar-refractivity contribution in [3.63, 3.8) is 0 Å². The average Bonchev–Trinajstić information content (AvgIpc) is 2.22. The van der Waals surface area contributed by atoms with E-state index in [0.29, 0.717) is 6.61 Å². The summed E-state index contributed by atoms with van der Waals surface area (Å²) >= 11 is 0. The van der Waals surface area contributed by atoms with Crippen LogP contribution in [0.5, 0.6) is 0 Å². The lowest BCUT2D eigenvalue weighted by Gasteiger charge is -2.25. The molecule has 2 atom stereocenters. The Balaban J connectivity index is 4.31. The lowest BCUT2D eigenvalue weighted by atomic mass is 10.0. The first-order chi connectivity index (χ1) is 7.06. The molecule has 0 aliphatic carbocycles. The Bertz CT molecular complexity index is 183. The molecule has 0 aromatic heterocycles. The van der Waals surface area contributed by atoms with Gasteiger partial charge in [-0.3, -0.25) is 10.1 Å². The number of rotatable bonds is 7. The number of methoxy groups -OCH3 is 2. The Morgan fingerprint density at radius 3 is 2.27 bits per heavy atom. The summed E-state index contributed by atoms with van der Waals surface area (Å²) in [7, 11) is 3.07. The highest BCUT2D eigenvalue weighted by molar-refractivity contribution is 5.75. The summed E-state index contributed by atoms with van der Waals surface area (Å²) in [5.74, 6) is 0.00269. The van der Waals surface area contributed by atoms with E-state index in [0.717, 1.165) is 6.42 Å². The van der Waals surface area contributed by atoms with Gasteiger partial charge in [-0.15, -0.1) is 0 Å². The van der Waals surface area contributed by atoms with Crippen molar-refractivity contribution < 1.29 is 14.3 Å². The molecule has 0 aliphatic rings. The highest BCUT2D eigenvalue weighted by Crippen LogP contribution is 2.06. The van der Waals surface area contributed by atoms with Crippen molar-refractivity contribution in [3.05, 3.63) is 0 Å². The van der Waals surface area contributed by atoms with Crippen molar-refractivity contribution in [1.82, 2.24) is 5.32 Å². The van der Waals surface area contributed by atoms with Gasteiger partial charge < -0.3 is 9.47 Å². The summed E-state index contributed by atoms with van der Waals surface area (Å²) in [5.41, 5.74) is 0. The number of esters is 1. The fourth-order valence-electron chi connectivity index (χ4n) is 1.40. The van der Waals surface area contributed by atoms with Gasteiger partial charge in [0.1, 0.15) is 6.04 Å². The van der Waals surface area contributed by atoms with Crippen molar-refractivity contribution in [2.24, 2.45) is 5.92 Å².